The summed E-state index contributed by atoms with van der Waals surface area (Å²) in [4.78, 5) is 2.51. The second kappa shape index (κ2) is 7.48. The van der Waals surface area contributed by atoms with Gasteiger partial charge in [-0.15, -0.1) is 0 Å². The summed E-state index contributed by atoms with van der Waals surface area (Å²) in [5.74, 6) is 1.61. The van der Waals surface area contributed by atoms with Gasteiger partial charge in [0.1, 0.15) is 0 Å². The third-order valence-corrected chi connectivity index (χ3v) is 3.80. The minimum Gasteiger partial charge on any atom is -0.447 e. The Hall–Kier alpha value is -1.52. The first-order valence-corrected chi connectivity index (χ1v) is 7.81. The molecule has 0 N–H and O–H groups in total. The number of hydrogen-bond donors (Lipinski definition) is 0. The monoisotopic (exact) mass is 289 g/mol. The van der Waals surface area contributed by atoms with Gasteiger partial charge in [-0.3, -0.25) is 0 Å². The molecule has 1 fully saturated rings. The van der Waals surface area contributed by atoms with E-state index >= 15 is 0 Å². The van der Waals surface area contributed by atoms with Crippen LogP contribution in [0.25, 0.3) is 0 Å². The lowest BCUT2D eigenvalue weighted by atomic mass is 10.3. The molecule has 21 heavy (non-hydrogen) atoms. The van der Waals surface area contributed by atoms with Crippen LogP contribution in [-0.2, 0) is 4.74 Å². The van der Waals surface area contributed by atoms with Crippen LogP contribution >= 0.6 is 0 Å². The summed E-state index contributed by atoms with van der Waals surface area (Å²) in [6.45, 7) is 5.11. The Kier molecular flexibility index (Phi) is 5.13. The highest BCUT2D eigenvalue weighted by Gasteiger charge is 2.20. The molecule has 2 heterocycles. The quantitative estimate of drug-likeness (QED) is 0.570. The molecule has 0 unspecified atom stereocenters. The molecule has 3 rings (SSSR count). The van der Waals surface area contributed by atoms with Gasteiger partial charge in [0.05, 0.1) is 6.61 Å². The number of ether oxygens (including phenoxy) is 3. The molecule has 4 heteroatoms. The molecule has 1 aromatic rings. The third-order valence-electron chi connectivity index (χ3n) is 3.80. The summed E-state index contributed by atoms with van der Waals surface area (Å²) < 4.78 is 16.9. The van der Waals surface area contributed by atoms with Crippen molar-refractivity contribution in [3.8, 4) is 11.5 Å². The average Bonchev–Trinajstić information content (AvgIpc) is 3.15. The minimum atomic E-state index is -0.324. The Balaban J connectivity index is 1.26. The van der Waals surface area contributed by atoms with Crippen molar-refractivity contribution in [2.45, 2.75) is 25.6 Å². The maximum atomic E-state index is 5.63. The zero-order valence-electron chi connectivity index (χ0n) is 12.4. The molecule has 0 aliphatic carbocycles. The van der Waals surface area contributed by atoms with Gasteiger partial charge in [0.25, 0.3) is 6.29 Å². The molecular formula is C17H23NO3. The lowest BCUT2D eigenvalue weighted by Gasteiger charge is -2.13. The van der Waals surface area contributed by atoms with Crippen LogP contribution in [0.4, 0.5) is 0 Å². The van der Waals surface area contributed by atoms with E-state index in [1.165, 1.54) is 25.9 Å². The first-order valence-electron chi connectivity index (χ1n) is 7.81. The molecule has 2 aliphatic rings. The summed E-state index contributed by atoms with van der Waals surface area (Å²) in [5, 5.41) is 0. The van der Waals surface area contributed by atoms with E-state index in [4.69, 9.17) is 14.2 Å². The summed E-state index contributed by atoms with van der Waals surface area (Å²) in [6.07, 6.45) is 7.36. The van der Waals surface area contributed by atoms with Crippen molar-refractivity contribution in [1.82, 2.24) is 4.90 Å². The molecule has 0 spiro atoms. The Morgan fingerprint density at radius 2 is 1.86 bits per heavy atom. The molecule has 0 bridgehead atoms. The highest BCUT2D eigenvalue weighted by molar-refractivity contribution is 5.42. The Morgan fingerprint density at radius 1 is 1.14 bits per heavy atom. The molecule has 0 radical (unpaired) electrons. The van der Waals surface area contributed by atoms with Crippen molar-refractivity contribution >= 4 is 0 Å². The third kappa shape index (κ3) is 4.22. The number of rotatable bonds is 7. The van der Waals surface area contributed by atoms with E-state index in [2.05, 4.69) is 4.90 Å². The van der Waals surface area contributed by atoms with Crippen molar-refractivity contribution < 1.29 is 14.2 Å². The molecule has 114 valence electrons. The summed E-state index contributed by atoms with van der Waals surface area (Å²) in [5.41, 5.74) is 0. The van der Waals surface area contributed by atoms with Gasteiger partial charge < -0.3 is 19.1 Å². The van der Waals surface area contributed by atoms with E-state index in [9.17, 15) is 0 Å². The Labute approximate surface area is 126 Å². The topological polar surface area (TPSA) is 30.9 Å². The molecule has 4 nitrogen and oxygen atoms in total. The number of fused-ring (bicyclic) bond motifs is 1. The highest BCUT2D eigenvalue weighted by Crippen LogP contribution is 2.34. The predicted octanol–water partition coefficient (Wildman–Crippen LogP) is 2.84. The van der Waals surface area contributed by atoms with Crippen LogP contribution in [0.3, 0.4) is 0 Å². The summed E-state index contributed by atoms with van der Waals surface area (Å²) in [6, 6.07) is 7.71. The lowest BCUT2D eigenvalue weighted by Crippen LogP contribution is -2.21. The summed E-state index contributed by atoms with van der Waals surface area (Å²) in [7, 11) is 0. The number of hydrogen-bond acceptors (Lipinski definition) is 4. The fourth-order valence-corrected chi connectivity index (χ4v) is 2.71. The van der Waals surface area contributed by atoms with Gasteiger partial charge >= 0.3 is 0 Å². The SMILES string of the molecule is C(=CC1Oc2ccccc2O1)COCCCN1CCCC1. The van der Waals surface area contributed by atoms with Gasteiger partial charge in [-0.05, 0) is 50.6 Å². The van der Waals surface area contributed by atoms with Crippen LogP contribution < -0.4 is 9.47 Å². The zero-order chi connectivity index (χ0) is 14.3. The molecule has 0 saturated carbocycles. The van der Waals surface area contributed by atoms with Crippen LogP contribution in [0, 0.1) is 0 Å². The van der Waals surface area contributed by atoms with Crippen LogP contribution in [0.15, 0.2) is 36.4 Å². The van der Waals surface area contributed by atoms with Crippen molar-refractivity contribution in [2.24, 2.45) is 0 Å². The molecular weight excluding hydrogens is 266 g/mol. The van der Waals surface area contributed by atoms with Crippen LogP contribution in [0.2, 0.25) is 0 Å². The van der Waals surface area contributed by atoms with Crippen molar-refractivity contribution in [1.29, 1.82) is 0 Å². The average molecular weight is 289 g/mol. The Morgan fingerprint density at radius 3 is 2.57 bits per heavy atom. The van der Waals surface area contributed by atoms with Gasteiger partial charge in [0.2, 0.25) is 0 Å². The maximum absolute atomic E-state index is 5.63. The number of likely N-dealkylation sites (tertiary alicyclic amines) is 1. The van der Waals surface area contributed by atoms with E-state index in [0.29, 0.717) is 6.61 Å². The number of benzene rings is 1. The fourth-order valence-electron chi connectivity index (χ4n) is 2.71. The second-order valence-corrected chi connectivity index (χ2v) is 5.46. The molecule has 1 saturated heterocycles. The summed E-state index contributed by atoms with van der Waals surface area (Å²) >= 11 is 0. The van der Waals surface area contributed by atoms with E-state index in [1.54, 1.807) is 0 Å². The van der Waals surface area contributed by atoms with Gasteiger partial charge in [-0.25, -0.2) is 0 Å². The molecule has 0 amide bonds. The standard InChI is InChI=1S/C17H23NO3/c1-2-8-16-15(7-1)20-17(21-16)9-5-13-19-14-6-12-18-10-3-4-11-18/h1-2,5,7-9,17H,3-4,6,10-14H2. The normalized spacial score (nSPS) is 18.9. The maximum Gasteiger partial charge on any atom is 0.261 e. The van der Waals surface area contributed by atoms with Crippen LogP contribution in [0.5, 0.6) is 11.5 Å². The van der Waals surface area contributed by atoms with Crippen LogP contribution in [-0.4, -0.2) is 44.0 Å². The van der Waals surface area contributed by atoms with E-state index in [-0.39, 0.29) is 6.29 Å². The smallest absolute Gasteiger partial charge is 0.261 e. The number of para-hydroxylation sites is 2. The van der Waals surface area contributed by atoms with E-state index in [1.807, 2.05) is 36.4 Å². The van der Waals surface area contributed by atoms with Crippen LogP contribution in [0.1, 0.15) is 19.3 Å². The van der Waals surface area contributed by atoms with E-state index < -0.39 is 0 Å². The fraction of sp³-hybridized carbons (Fsp3) is 0.529. The van der Waals surface area contributed by atoms with E-state index in [0.717, 1.165) is 31.1 Å². The minimum absolute atomic E-state index is 0.324. The van der Waals surface area contributed by atoms with Crippen molar-refractivity contribution in [2.75, 3.05) is 32.8 Å². The molecule has 0 atom stereocenters. The molecule has 1 aromatic carbocycles. The number of nitrogens with zero attached hydrogens (tertiary/aromatic N) is 1. The first-order chi connectivity index (χ1) is 10.4. The van der Waals surface area contributed by atoms with Crippen molar-refractivity contribution in [3.63, 3.8) is 0 Å². The molecule has 0 aromatic heterocycles. The largest absolute Gasteiger partial charge is 0.447 e. The molecule has 2 aliphatic heterocycles. The predicted molar refractivity (Wildman–Crippen MR) is 81.7 cm³/mol. The van der Waals surface area contributed by atoms with Gasteiger partial charge in [0, 0.05) is 13.2 Å². The van der Waals surface area contributed by atoms with Gasteiger partial charge in [0.15, 0.2) is 11.5 Å². The van der Waals surface area contributed by atoms with Gasteiger partial charge in [-0.1, -0.05) is 18.2 Å². The van der Waals surface area contributed by atoms with Gasteiger partial charge in [-0.2, -0.15) is 0 Å². The Bertz CT molecular complexity index is 444. The highest BCUT2D eigenvalue weighted by atomic mass is 16.7. The van der Waals surface area contributed by atoms with Crippen molar-refractivity contribution in [3.05, 3.63) is 36.4 Å². The zero-order valence-corrected chi connectivity index (χ0v) is 12.4. The first kappa shape index (κ1) is 14.4. The second-order valence-electron chi connectivity index (χ2n) is 5.46. The lowest BCUT2D eigenvalue weighted by molar-refractivity contribution is 0.0930.